The van der Waals surface area contributed by atoms with Crippen molar-refractivity contribution in [2.45, 2.75) is 46.3 Å². The number of anilines is 1. The monoisotopic (exact) mass is 253 g/mol. The molecule has 2 N–H and O–H groups in total. The van der Waals surface area contributed by atoms with E-state index in [2.05, 4.69) is 29.1 Å². The van der Waals surface area contributed by atoms with Crippen molar-refractivity contribution in [1.82, 2.24) is 9.97 Å². The highest BCUT2D eigenvalue weighted by Crippen LogP contribution is 2.13. The summed E-state index contributed by atoms with van der Waals surface area (Å²) in [5, 5.41) is 12.4. The van der Waals surface area contributed by atoms with Crippen LogP contribution < -0.4 is 10.1 Å². The van der Waals surface area contributed by atoms with Gasteiger partial charge in [-0.15, -0.1) is 0 Å². The molecule has 1 unspecified atom stereocenters. The molecule has 18 heavy (non-hydrogen) atoms. The summed E-state index contributed by atoms with van der Waals surface area (Å²) < 4.78 is 5.50. The van der Waals surface area contributed by atoms with Crippen molar-refractivity contribution in [3.8, 4) is 5.88 Å². The molecule has 0 fully saturated rings. The maximum absolute atomic E-state index is 9.30. The van der Waals surface area contributed by atoms with Gasteiger partial charge in [0.2, 0.25) is 11.8 Å². The number of hydrogen-bond acceptors (Lipinski definition) is 5. The van der Waals surface area contributed by atoms with E-state index in [0.29, 0.717) is 17.7 Å². The van der Waals surface area contributed by atoms with Gasteiger partial charge in [0, 0.05) is 12.3 Å². The van der Waals surface area contributed by atoms with Crippen LogP contribution in [-0.2, 0) is 0 Å². The summed E-state index contributed by atoms with van der Waals surface area (Å²) in [6.45, 7) is 8.19. The van der Waals surface area contributed by atoms with Crippen molar-refractivity contribution < 1.29 is 9.84 Å². The molecule has 0 saturated carbocycles. The van der Waals surface area contributed by atoms with Crippen LogP contribution in [0.1, 0.15) is 34.1 Å². The number of ether oxygens (including phenoxy) is 1. The average molecular weight is 253 g/mol. The Morgan fingerprint density at radius 1 is 1.33 bits per heavy atom. The van der Waals surface area contributed by atoms with Gasteiger partial charge in [0.1, 0.15) is 0 Å². The van der Waals surface area contributed by atoms with Crippen molar-refractivity contribution in [3.05, 3.63) is 12.3 Å². The van der Waals surface area contributed by atoms with Crippen LogP contribution in [0.3, 0.4) is 0 Å². The highest BCUT2D eigenvalue weighted by atomic mass is 16.5. The fourth-order valence-corrected chi connectivity index (χ4v) is 1.65. The highest BCUT2D eigenvalue weighted by Gasteiger charge is 2.11. The minimum atomic E-state index is -0.0284. The van der Waals surface area contributed by atoms with Gasteiger partial charge in [-0.25, -0.2) is 4.98 Å². The summed E-state index contributed by atoms with van der Waals surface area (Å²) >= 11 is 0. The summed E-state index contributed by atoms with van der Waals surface area (Å²) in [6, 6.07) is 1.70. The van der Waals surface area contributed by atoms with Crippen LogP contribution in [-0.4, -0.2) is 33.8 Å². The number of nitrogens with zero attached hydrogens (tertiary/aromatic N) is 2. The highest BCUT2D eigenvalue weighted by molar-refractivity contribution is 5.28. The second kappa shape index (κ2) is 7.16. The molecule has 0 aliphatic rings. The van der Waals surface area contributed by atoms with Crippen LogP contribution >= 0.6 is 0 Å². The topological polar surface area (TPSA) is 67.3 Å². The second-order valence-electron chi connectivity index (χ2n) is 5.04. The first-order valence-corrected chi connectivity index (χ1v) is 6.38. The lowest BCUT2D eigenvalue weighted by Crippen LogP contribution is -2.26. The Hall–Kier alpha value is -1.36. The zero-order valence-corrected chi connectivity index (χ0v) is 11.6. The van der Waals surface area contributed by atoms with Gasteiger partial charge in [0.15, 0.2) is 0 Å². The van der Waals surface area contributed by atoms with Crippen LogP contribution in [0.15, 0.2) is 12.3 Å². The van der Waals surface area contributed by atoms with Crippen LogP contribution in [0.4, 0.5) is 5.95 Å². The van der Waals surface area contributed by atoms with E-state index in [4.69, 9.17) is 4.74 Å². The quantitative estimate of drug-likeness (QED) is 0.778. The SMILES string of the molecule is CC(C)CC(CO)Nc1nccc(OC(C)C)n1. The molecular weight excluding hydrogens is 230 g/mol. The molecule has 0 aliphatic heterocycles. The van der Waals surface area contributed by atoms with Crippen molar-refractivity contribution in [3.63, 3.8) is 0 Å². The third-order valence-electron chi connectivity index (χ3n) is 2.30. The third-order valence-corrected chi connectivity index (χ3v) is 2.30. The maximum atomic E-state index is 9.30. The molecule has 102 valence electrons. The Morgan fingerprint density at radius 3 is 2.61 bits per heavy atom. The van der Waals surface area contributed by atoms with E-state index in [9.17, 15) is 5.11 Å². The molecule has 5 heteroatoms. The zero-order chi connectivity index (χ0) is 13.5. The average Bonchev–Trinajstić information content (AvgIpc) is 2.27. The molecule has 0 radical (unpaired) electrons. The first kappa shape index (κ1) is 14.7. The molecule has 0 bridgehead atoms. The maximum Gasteiger partial charge on any atom is 0.226 e. The Bertz CT molecular complexity index is 356. The number of aromatic nitrogens is 2. The minimum Gasteiger partial charge on any atom is -0.475 e. The van der Waals surface area contributed by atoms with E-state index in [1.54, 1.807) is 12.3 Å². The third kappa shape index (κ3) is 5.31. The van der Waals surface area contributed by atoms with E-state index < -0.39 is 0 Å². The van der Waals surface area contributed by atoms with E-state index in [1.165, 1.54) is 0 Å². The van der Waals surface area contributed by atoms with Crippen molar-refractivity contribution in [2.24, 2.45) is 5.92 Å². The molecule has 1 atom stereocenters. The Morgan fingerprint density at radius 2 is 2.06 bits per heavy atom. The summed E-state index contributed by atoms with van der Waals surface area (Å²) in [5.41, 5.74) is 0. The Kier molecular flexibility index (Phi) is 5.85. The van der Waals surface area contributed by atoms with Crippen LogP contribution in [0.25, 0.3) is 0 Å². The smallest absolute Gasteiger partial charge is 0.226 e. The fraction of sp³-hybridized carbons (Fsp3) is 0.692. The molecular formula is C13H23N3O2. The standard InChI is InChI=1S/C13H23N3O2/c1-9(2)7-11(8-17)15-13-14-6-5-12(16-13)18-10(3)4/h5-6,9-11,17H,7-8H2,1-4H3,(H,14,15,16). The molecule has 1 rings (SSSR count). The van der Waals surface area contributed by atoms with Crippen LogP contribution in [0, 0.1) is 5.92 Å². The number of aliphatic hydroxyl groups is 1. The molecule has 0 saturated heterocycles. The zero-order valence-electron chi connectivity index (χ0n) is 11.6. The summed E-state index contributed by atoms with van der Waals surface area (Å²) in [5.74, 6) is 1.54. The second-order valence-corrected chi connectivity index (χ2v) is 5.04. The minimum absolute atomic E-state index is 0.0284. The summed E-state index contributed by atoms with van der Waals surface area (Å²) in [4.78, 5) is 8.38. The molecule has 0 aromatic carbocycles. The summed E-state index contributed by atoms with van der Waals surface area (Å²) in [6.07, 6.45) is 2.60. The van der Waals surface area contributed by atoms with Gasteiger partial charge in [0.25, 0.3) is 0 Å². The molecule has 1 heterocycles. The fourth-order valence-electron chi connectivity index (χ4n) is 1.65. The van der Waals surface area contributed by atoms with Gasteiger partial charge in [-0.1, -0.05) is 13.8 Å². The van der Waals surface area contributed by atoms with Gasteiger partial charge in [-0.2, -0.15) is 4.98 Å². The van der Waals surface area contributed by atoms with Crippen LogP contribution in [0.2, 0.25) is 0 Å². The molecule has 5 nitrogen and oxygen atoms in total. The number of aliphatic hydroxyl groups excluding tert-OH is 1. The van der Waals surface area contributed by atoms with Crippen molar-refractivity contribution in [2.75, 3.05) is 11.9 Å². The lowest BCUT2D eigenvalue weighted by Gasteiger charge is -2.18. The van der Waals surface area contributed by atoms with Gasteiger partial charge in [0.05, 0.1) is 18.8 Å². The van der Waals surface area contributed by atoms with E-state index in [0.717, 1.165) is 6.42 Å². The lowest BCUT2D eigenvalue weighted by atomic mass is 10.0. The van der Waals surface area contributed by atoms with Gasteiger partial charge >= 0.3 is 0 Å². The van der Waals surface area contributed by atoms with Crippen molar-refractivity contribution in [1.29, 1.82) is 0 Å². The predicted molar refractivity (Wildman–Crippen MR) is 71.7 cm³/mol. The van der Waals surface area contributed by atoms with E-state index in [1.807, 2.05) is 13.8 Å². The Balaban J connectivity index is 2.65. The normalized spacial score (nSPS) is 12.8. The van der Waals surface area contributed by atoms with Gasteiger partial charge in [-0.3, -0.25) is 0 Å². The molecule has 0 spiro atoms. The lowest BCUT2D eigenvalue weighted by molar-refractivity contribution is 0.232. The molecule has 0 aliphatic carbocycles. The molecule has 1 aromatic heterocycles. The first-order chi connectivity index (χ1) is 8.51. The number of nitrogens with one attached hydrogen (secondary N) is 1. The van der Waals surface area contributed by atoms with Crippen molar-refractivity contribution >= 4 is 5.95 Å². The predicted octanol–water partition coefficient (Wildman–Crippen LogP) is 2.08. The van der Waals surface area contributed by atoms with Gasteiger partial charge in [-0.05, 0) is 26.2 Å². The summed E-state index contributed by atoms with van der Waals surface area (Å²) in [7, 11) is 0. The van der Waals surface area contributed by atoms with Gasteiger partial charge < -0.3 is 15.2 Å². The molecule has 1 aromatic rings. The van der Waals surface area contributed by atoms with E-state index in [-0.39, 0.29) is 18.8 Å². The first-order valence-electron chi connectivity index (χ1n) is 6.38. The number of hydrogen-bond donors (Lipinski definition) is 2. The van der Waals surface area contributed by atoms with E-state index >= 15 is 0 Å². The molecule has 0 amide bonds. The van der Waals surface area contributed by atoms with Crippen LogP contribution in [0.5, 0.6) is 5.88 Å². The Labute approximate surface area is 109 Å². The number of rotatable bonds is 7. The largest absolute Gasteiger partial charge is 0.475 e.